The van der Waals surface area contributed by atoms with E-state index < -0.39 is 0 Å². The van der Waals surface area contributed by atoms with Crippen molar-refractivity contribution in [2.45, 2.75) is 30.5 Å². The van der Waals surface area contributed by atoms with E-state index in [-0.39, 0.29) is 6.10 Å². The Morgan fingerprint density at radius 3 is 2.60 bits per heavy atom. The molecule has 0 aromatic rings. The van der Waals surface area contributed by atoms with Crippen LogP contribution in [0.25, 0.3) is 0 Å². The molecule has 1 rings (SSSR count). The van der Waals surface area contributed by atoms with Crippen molar-refractivity contribution >= 4 is 11.8 Å². The Labute approximate surface area is 66.4 Å². The van der Waals surface area contributed by atoms with Crippen LogP contribution in [0.2, 0.25) is 0 Å². The van der Waals surface area contributed by atoms with Crippen LogP contribution in [0.4, 0.5) is 0 Å². The summed E-state index contributed by atoms with van der Waals surface area (Å²) < 4.78 is 0. The van der Waals surface area contributed by atoms with Crippen LogP contribution in [0.15, 0.2) is 0 Å². The maximum Gasteiger partial charge on any atom is 0.0795 e. The summed E-state index contributed by atoms with van der Waals surface area (Å²) in [5, 5.41) is 13.6. The molecule has 2 N–H and O–H groups in total. The van der Waals surface area contributed by atoms with Crippen molar-refractivity contribution in [3.8, 4) is 0 Å². The average molecular weight is 161 g/mol. The molecule has 1 saturated heterocycles. The van der Waals surface area contributed by atoms with Gasteiger partial charge in [0.05, 0.1) is 6.10 Å². The Morgan fingerprint density at radius 1 is 1.50 bits per heavy atom. The predicted molar refractivity (Wildman–Crippen MR) is 45.4 cm³/mol. The van der Waals surface area contributed by atoms with E-state index in [4.69, 9.17) is 0 Å². The summed E-state index contributed by atoms with van der Waals surface area (Å²) in [6.45, 7) is 6.06. The van der Waals surface area contributed by atoms with Gasteiger partial charge in [-0.1, -0.05) is 13.8 Å². The lowest BCUT2D eigenvalue weighted by molar-refractivity contribution is 0.201. The van der Waals surface area contributed by atoms with Crippen LogP contribution in [-0.2, 0) is 0 Å². The molecule has 0 radical (unpaired) electrons. The minimum Gasteiger partial charge on any atom is -0.391 e. The summed E-state index contributed by atoms with van der Waals surface area (Å²) in [6, 6.07) is 0. The maximum atomic E-state index is 9.35. The quantitative estimate of drug-likeness (QED) is 0.617. The molecule has 10 heavy (non-hydrogen) atoms. The first-order valence-corrected chi connectivity index (χ1v) is 4.68. The van der Waals surface area contributed by atoms with Gasteiger partial charge >= 0.3 is 0 Å². The van der Waals surface area contributed by atoms with E-state index in [1.807, 2.05) is 11.8 Å². The van der Waals surface area contributed by atoms with Crippen molar-refractivity contribution in [2.75, 3.05) is 13.1 Å². The number of aliphatic hydroxyl groups is 1. The molecule has 0 saturated carbocycles. The number of rotatable bonds is 2. The first kappa shape index (κ1) is 8.37. The topological polar surface area (TPSA) is 32.3 Å². The number of aliphatic hydroxyl groups excluding tert-OH is 1. The number of thioether (sulfide) groups is 1. The maximum absolute atomic E-state index is 9.35. The molecule has 0 bridgehead atoms. The highest BCUT2D eigenvalue weighted by atomic mass is 32.2. The number of hydrogen-bond acceptors (Lipinski definition) is 3. The van der Waals surface area contributed by atoms with Crippen molar-refractivity contribution in [1.29, 1.82) is 0 Å². The highest BCUT2D eigenvalue weighted by Gasteiger charge is 2.25. The summed E-state index contributed by atoms with van der Waals surface area (Å²) in [7, 11) is 0. The molecular formula is C7H15NOS. The molecule has 2 nitrogen and oxygen atoms in total. The van der Waals surface area contributed by atoms with Gasteiger partial charge in [0.2, 0.25) is 0 Å². The molecule has 0 spiro atoms. The molecule has 0 amide bonds. The largest absolute Gasteiger partial charge is 0.391 e. The van der Waals surface area contributed by atoms with Gasteiger partial charge in [0.25, 0.3) is 0 Å². The fourth-order valence-electron chi connectivity index (χ4n) is 1.13. The number of nitrogens with one attached hydrogen (secondary N) is 1. The Morgan fingerprint density at radius 2 is 2.20 bits per heavy atom. The van der Waals surface area contributed by atoms with E-state index in [9.17, 15) is 5.11 Å². The van der Waals surface area contributed by atoms with Crippen LogP contribution in [0, 0.1) is 0 Å². The highest BCUT2D eigenvalue weighted by Crippen LogP contribution is 2.22. The molecule has 2 atom stereocenters. The third-order valence-corrected chi connectivity index (χ3v) is 2.95. The molecular weight excluding hydrogens is 146 g/mol. The first-order valence-electron chi connectivity index (χ1n) is 3.74. The monoisotopic (exact) mass is 161 g/mol. The summed E-state index contributed by atoms with van der Waals surface area (Å²) >= 11 is 1.86. The normalized spacial score (nSPS) is 33.6. The lowest BCUT2D eigenvalue weighted by Gasteiger charge is -2.14. The minimum absolute atomic E-state index is 0.132. The molecule has 0 aliphatic carbocycles. The zero-order valence-corrected chi connectivity index (χ0v) is 7.32. The second-order valence-corrected chi connectivity index (χ2v) is 4.77. The Balaban J connectivity index is 2.26. The van der Waals surface area contributed by atoms with E-state index >= 15 is 0 Å². The van der Waals surface area contributed by atoms with Crippen LogP contribution in [0.1, 0.15) is 13.8 Å². The first-order chi connectivity index (χ1) is 4.70. The van der Waals surface area contributed by atoms with Crippen LogP contribution in [-0.4, -0.2) is 34.8 Å². The summed E-state index contributed by atoms with van der Waals surface area (Å²) in [4.78, 5) is 0. The van der Waals surface area contributed by atoms with E-state index in [1.165, 1.54) is 0 Å². The molecule has 1 fully saturated rings. The Hall–Kier alpha value is 0.270. The molecule has 1 aliphatic rings. The molecule has 0 aromatic heterocycles. The van der Waals surface area contributed by atoms with Crippen LogP contribution in [0.5, 0.6) is 0 Å². The third-order valence-electron chi connectivity index (χ3n) is 1.58. The van der Waals surface area contributed by atoms with Crippen molar-refractivity contribution in [2.24, 2.45) is 0 Å². The molecule has 60 valence electrons. The molecule has 1 aliphatic heterocycles. The van der Waals surface area contributed by atoms with E-state index in [2.05, 4.69) is 19.2 Å². The second kappa shape index (κ2) is 3.60. The van der Waals surface area contributed by atoms with Crippen LogP contribution >= 0.6 is 11.8 Å². The average Bonchev–Trinajstić information content (AvgIpc) is 2.15. The zero-order chi connectivity index (χ0) is 7.56. The van der Waals surface area contributed by atoms with E-state index in [0.717, 1.165) is 13.1 Å². The third kappa shape index (κ3) is 2.15. The summed E-state index contributed by atoms with van der Waals surface area (Å²) in [6.07, 6.45) is -0.132. The minimum atomic E-state index is -0.132. The number of β-amino-alcohol motifs (C(OH)–C–C–N with tert-alkyl or cyclic N) is 1. The van der Waals surface area contributed by atoms with E-state index in [0.29, 0.717) is 10.5 Å². The van der Waals surface area contributed by atoms with Gasteiger partial charge in [-0.3, -0.25) is 0 Å². The standard InChI is InChI=1S/C7H15NOS/c1-5(2)10-7-4-8-3-6(7)9/h5-9H,3-4H2,1-2H3/t6-,7-/m1/s1. The molecule has 1 heterocycles. The second-order valence-electron chi connectivity index (χ2n) is 2.95. The summed E-state index contributed by atoms with van der Waals surface area (Å²) in [5.74, 6) is 0. The van der Waals surface area contributed by atoms with Gasteiger partial charge in [0, 0.05) is 18.3 Å². The van der Waals surface area contributed by atoms with Crippen molar-refractivity contribution in [3.05, 3.63) is 0 Å². The predicted octanol–water partition coefficient (Wildman–Crippen LogP) is 0.461. The lowest BCUT2D eigenvalue weighted by Crippen LogP contribution is -2.21. The highest BCUT2D eigenvalue weighted by molar-refractivity contribution is 8.00. The number of hydrogen-bond donors (Lipinski definition) is 2. The van der Waals surface area contributed by atoms with Crippen molar-refractivity contribution in [1.82, 2.24) is 5.32 Å². The Kier molecular flexibility index (Phi) is 3.01. The van der Waals surface area contributed by atoms with Crippen molar-refractivity contribution in [3.63, 3.8) is 0 Å². The van der Waals surface area contributed by atoms with E-state index in [1.54, 1.807) is 0 Å². The lowest BCUT2D eigenvalue weighted by atomic mass is 10.3. The molecule has 0 aromatic carbocycles. The van der Waals surface area contributed by atoms with Crippen LogP contribution < -0.4 is 5.32 Å². The van der Waals surface area contributed by atoms with Gasteiger partial charge < -0.3 is 10.4 Å². The molecule has 3 heteroatoms. The van der Waals surface area contributed by atoms with Gasteiger partial charge in [-0.15, -0.1) is 0 Å². The van der Waals surface area contributed by atoms with Crippen molar-refractivity contribution < 1.29 is 5.11 Å². The Bertz CT molecular complexity index is 108. The van der Waals surface area contributed by atoms with Gasteiger partial charge in [-0.25, -0.2) is 0 Å². The van der Waals surface area contributed by atoms with Gasteiger partial charge in [-0.2, -0.15) is 11.8 Å². The zero-order valence-electron chi connectivity index (χ0n) is 6.50. The van der Waals surface area contributed by atoms with Gasteiger partial charge in [-0.05, 0) is 5.25 Å². The molecule has 0 unspecified atom stereocenters. The summed E-state index contributed by atoms with van der Waals surface area (Å²) in [5.41, 5.74) is 0. The SMILES string of the molecule is CC(C)S[C@@H]1CNC[C@H]1O. The van der Waals surface area contributed by atoms with Gasteiger partial charge in [0.1, 0.15) is 0 Å². The fraction of sp³-hybridized carbons (Fsp3) is 1.00. The van der Waals surface area contributed by atoms with Gasteiger partial charge in [0.15, 0.2) is 0 Å². The smallest absolute Gasteiger partial charge is 0.0795 e. The fourth-order valence-corrected chi connectivity index (χ4v) is 2.32. The van der Waals surface area contributed by atoms with Crippen LogP contribution in [0.3, 0.4) is 0 Å².